The van der Waals surface area contributed by atoms with E-state index in [9.17, 15) is 0 Å². The quantitative estimate of drug-likeness (QED) is 0.468. The largest absolute Gasteiger partial charge is 0.256 e. The van der Waals surface area contributed by atoms with E-state index in [1.165, 1.54) is 20.9 Å². The van der Waals surface area contributed by atoms with Crippen LogP contribution in [0, 0.1) is 13.8 Å². The van der Waals surface area contributed by atoms with E-state index < -0.39 is 0 Å². The van der Waals surface area contributed by atoms with Crippen LogP contribution < -0.4 is 0 Å². The van der Waals surface area contributed by atoms with Crippen molar-refractivity contribution < 1.29 is 0 Å². The fraction of sp³-hybridized carbons (Fsp3) is 0.0952. The number of hydrogen-bond acceptors (Lipinski definition) is 2. The molecule has 120 valence electrons. The minimum absolute atomic E-state index is 0.761. The van der Waals surface area contributed by atoms with Gasteiger partial charge in [0, 0.05) is 21.0 Å². The summed E-state index contributed by atoms with van der Waals surface area (Å²) in [6.45, 7) is 4.18. The molecular formula is C21H18ClNS. The molecule has 0 saturated carbocycles. The van der Waals surface area contributed by atoms with Gasteiger partial charge in [-0.1, -0.05) is 53.2 Å². The molecule has 0 bridgehead atoms. The molecule has 3 aromatic rings. The zero-order valence-corrected chi connectivity index (χ0v) is 15.2. The molecule has 0 radical (unpaired) electrons. The van der Waals surface area contributed by atoms with Crippen molar-refractivity contribution in [2.75, 3.05) is 0 Å². The van der Waals surface area contributed by atoms with Gasteiger partial charge in [0.2, 0.25) is 0 Å². The highest BCUT2D eigenvalue weighted by molar-refractivity contribution is 7.99. The summed E-state index contributed by atoms with van der Waals surface area (Å²) in [4.78, 5) is 6.97. The molecule has 3 heteroatoms. The molecule has 0 spiro atoms. The van der Waals surface area contributed by atoms with Gasteiger partial charge in [0.15, 0.2) is 0 Å². The lowest BCUT2D eigenvalue weighted by molar-refractivity contribution is 1.35. The standard InChI is InChI=1S/C21H18ClNS/c1-15-3-12-21(16(2)13-15)23-14-17-4-8-19(9-5-17)24-20-10-6-18(22)7-11-20/h3-14H,1-2H3. The second-order valence-electron chi connectivity index (χ2n) is 5.67. The SMILES string of the molecule is Cc1ccc(N=Cc2ccc(Sc3ccc(Cl)cc3)cc2)c(C)c1. The molecule has 0 unspecified atom stereocenters. The van der Waals surface area contributed by atoms with Crippen LogP contribution in [-0.2, 0) is 0 Å². The third-order valence-corrected chi connectivity index (χ3v) is 4.90. The van der Waals surface area contributed by atoms with Gasteiger partial charge in [-0.15, -0.1) is 0 Å². The zero-order chi connectivity index (χ0) is 16.9. The highest BCUT2D eigenvalue weighted by Gasteiger charge is 1.99. The Morgan fingerprint density at radius 1 is 0.833 bits per heavy atom. The smallest absolute Gasteiger partial charge is 0.0659 e. The molecular weight excluding hydrogens is 334 g/mol. The highest BCUT2D eigenvalue weighted by Crippen LogP contribution is 2.28. The molecule has 1 nitrogen and oxygen atoms in total. The first-order valence-electron chi connectivity index (χ1n) is 7.75. The van der Waals surface area contributed by atoms with Crippen LogP contribution in [-0.4, -0.2) is 6.21 Å². The Morgan fingerprint density at radius 3 is 2.08 bits per heavy atom. The summed E-state index contributed by atoms with van der Waals surface area (Å²) in [5.74, 6) is 0. The summed E-state index contributed by atoms with van der Waals surface area (Å²) in [5.41, 5.74) is 4.56. The van der Waals surface area contributed by atoms with Gasteiger partial charge in [0.1, 0.15) is 0 Å². The van der Waals surface area contributed by atoms with E-state index in [1.54, 1.807) is 11.8 Å². The number of benzene rings is 3. The second kappa shape index (κ2) is 7.69. The van der Waals surface area contributed by atoms with E-state index in [-0.39, 0.29) is 0 Å². The predicted octanol–water partition coefficient (Wildman–Crippen LogP) is 6.86. The molecule has 0 saturated heterocycles. The molecule has 0 aliphatic heterocycles. The third kappa shape index (κ3) is 4.50. The minimum Gasteiger partial charge on any atom is -0.256 e. The molecule has 0 amide bonds. The summed E-state index contributed by atoms with van der Waals surface area (Å²) in [6, 6.07) is 22.6. The molecule has 24 heavy (non-hydrogen) atoms. The summed E-state index contributed by atoms with van der Waals surface area (Å²) in [7, 11) is 0. The van der Waals surface area contributed by atoms with Crippen LogP contribution >= 0.6 is 23.4 Å². The number of aliphatic imine (C=N–C) groups is 1. The van der Waals surface area contributed by atoms with Gasteiger partial charge in [0.05, 0.1) is 5.69 Å². The van der Waals surface area contributed by atoms with Crippen LogP contribution in [0.5, 0.6) is 0 Å². The van der Waals surface area contributed by atoms with Gasteiger partial charge >= 0.3 is 0 Å². The molecule has 0 N–H and O–H groups in total. The van der Waals surface area contributed by atoms with Gasteiger partial charge < -0.3 is 0 Å². The molecule has 0 aromatic heterocycles. The summed E-state index contributed by atoms with van der Waals surface area (Å²) in [6.07, 6.45) is 1.91. The Hall–Kier alpha value is -2.03. The van der Waals surface area contributed by atoms with Crippen molar-refractivity contribution >= 4 is 35.3 Å². The van der Waals surface area contributed by atoms with E-state index in [2.05, 4.69) is 61.3 Å². The molecule has 0 heterocycles. The van der Waals surface area contributed by atoms with Gasteiger partial charge in [0.25, 0.3) is 0 Å². The van der Waals surface area contributed by atoms with E-state index in [0.717, 1.165) is 16.3 Å². The second-order valence-corrected chi connectivity index (χ2v) is 7.26. The van der Waals surface area contributed by atoms with Crippen molar-refractivity contribution in [2.45, 2.75) is 23.6 Å². The monoisotopic (exact) mass is 351 g/mol. The van der Waals surface area contributed by atoms with Crippen molar-refractivity contribution in [3.63, 3.8) is 0 Å². The van der Waals surface area contributed by atoms with Crippen LogP contribution in [0.1, 0.15) is 16.7 Å². The first-order chi connectivity index (χ1) is 11.6. The average Bonchev–Trinajstić information content (AvgIpc) is 2.57. The van der Waals surface area contributed by atoms with Crippen LogP contribution in [0.4, 0.5) is 5.69 Å². The van der Waals surface area contributed by atoms with E-state index in [0.29, 0.717) is 0 Å². The molecule has 0 fully saturated rings. The Kier molecular flexibility index (Phi) is 5.39. The first-order valence-corrected chi connectivity index (χ1v) is 8.94. The van der Waals surface area contributed by atoms with Crippen molar-refractivity contribution in [1.29, 1.82) is 0 Å². The van der Waals surface area contributed by atoms with Crippen LogP contribution in [0.2, 0.25) is 5.02 Å². The Morgan fingerprint density at radius 2 is 1.46 bits per heavy atom. The average molecular weight is 352 g/mol. The van der Waals surface area contributed by atoms with Crippen LogP contribution in [0.3, 0.4) is 0 Å². The Balaban J connectivity index is 1.70. The van der Waals surface area contributed by atoms with Crippen molar-refractivity contribution in [2.24, 2.45) is 4.99 Å². The maximum atomic E-state index is 5.92. The molecule has 0 atom stereocenters. The molecule has 0 aliphatic rings. The third-order valence-electron chi connectivity index (χ3n) is 3.63. The van der Waals surface area contributed by atoms with Gasteiger partial charge in [-0.2, -0.15) is 0 Å². The van der Waals surface area contributed by atoms with Crippen molar-refractivity contribution in [3.05, 3.63) is 88.4 Å². The van der Waals surface area contributed by atoms with Gasteiger partial charge in [-0.05, 0) is 67.4 Å². The molecule has 3 rings (SSSR count). The number of hydrogen-bond donors (Lipinski definition) is 0. The maximum Gasteiger partial charge on any atom is 0.0659 e. The normalized spacial score (nSPS) is 11.1. The van der Waals surface area contributed by atoms with E-state index in [1.807, 2.05) is 30.5 Å². The lowest BCUT2D eigenvalue weighted by Gasteiger charge is -2.03. The van der Waals surface area contributed by atoms with Gasteiger partial charge in [-0.3, -0.25) is 4.99 Å². The highest BCUT2D eigenvalue weighted by atomic mass is 35.5. The van der Waals surface area contributed by atoms with Crippen LogP contribution in [0.15, 0.2) is 81.5 Å². The number of aryl methyl sites for hydroxylation is 2. The summed E-state index contributed by atoms with van der Waals surface area (Å²) >= 11 is 7.64. The number of nitrogens with zero attached hydrogens (tertiary/aromatic N) is 1. The van der Waals surface area contributed by atoms with Crippen molar-refractivity contribution in [3.8, 4) is 0 Å². The lowest BCUT2D eigenvalue weighted by atomic mass is 10.1. The Bertz CT molecular complexity index is 852. The maximum absolute atomic E-state index is 5.92. The van der Waals surface area contributed by atoms with Crippen LogP contribution in [0.25, 0.3) is 0 Å². The van der Waals surface area contributed by atoms with Crippen molar-refractivity contribution in [1.82, 2.24) is 0 Å². The van der Waals surface area contributed by atoms with E-state index in [4.69, 9.17) is 11.6 Å². The first kappa shape index (κ1) is 16.8. The number of rotatable bonds is 4. The summed E-state index contributed by atoms with van der Waals surface area (Å²) < 4.78 is 0. The Labute approximate surface area is 152 Å². The topological polar surface area (TPSA) is 12.4 Å². The minimum atomic E-state index is 0.761. The van der Waals surface area contributed by atoms with Gasteiger partial charge in [-0.25, -0.2) is 0 Å². The lowest BCUT2D eigenvalue weighted by Crippen LogP contribution is -1.82. The van der Waals surface area contributed by atoms with E-state index >= 15 is 0 Å². The zero-order valence-electron chi connectivity index (χ0n) is 13.7. The molecule has 0 aliphatic carbocycles. The summed E-state index contributed by atoms with van der Waals surface area (Å²) in [5, 5.41) is 0.761. The fourth-order valence-corrected chi connectivity index (χ4v) is 3.30. The predicted molar refractivity (Wildman–Crippen MR) is 105 cm³/mol. The number of halogens is 1. The molecule has 3 aromatic carbocycles. The fourth-order valence-electron chi connectivity index (χ4n) is 2.35.